The fourth-order valence-corrected chi connectivity index (χ4v) is 4.79. The topological polar surface area (TPSA) is 53.0 Å². The molecule has 1 saturated heterocycles. The highest BCUT2D eigenvalue weighted by Crippen LogP contribution is 2.39. The Balaban J connectivity index is 1.78. The van der Waals surface area contributed by atoms with Gasteiger partial charge in [-0.05, 0) is 54.9 Å². The van der Waals surface area contributed by atoms with Gasteiger partial charge in [-0.3, -0.25) is 4.90 Å². The Morgan fingerprint density at radius 1 is 1.15 bits per heavy atom. The van der Waals surface area contributed by atoms with Gasteiger partial charge in [0.25, 0.3) is 0 Å². The standard InChI is InChI=1S/C20H25BrN2O3S/c1-20(2,3)26-19(25)23-12-10-22(11-13-23)18(16-8-9-17(21)27-16)14-6-4-5-7-15(14)24/h4-9,18,24H,10-13H2,1-3H3/t18-/m1/s1. The molecule has 1 aliphatic heterocycles. The third kappa shape index (κ3) is 5.03. The van der Waals surface area contributed by atoms with E-state index in [-0.39, 0.29) is 12.1 Å². The van der Waals surface area contributed by atoms with Gasteiger partial charge in [-0.2, -0.15) is 0 Å². The SMILES string of the molecule is CC(C)(C)OC(=O)N1CCN([C@@H](c2ccc(Br)s2)c2ccccc2O)CC1. The van der Waals surface area contributed by atoms with Crippen molar-refractivity contribution < 1.29 is 14.6 Å². The van der Waals surface area contributed by atoms with Gasteiger partial charge < -0.3 is 14.7 Å². The molecule has 0 spiro atoms. The summed E-state index contributed by atoms with van der Waals surface area (Å²) >= 11 is 5.21. The molecule has 3 rings (SSSR count). The summed E-state index contributed by atoms with van der Waals surface area (Å²) < 4.78 is 6.55. The van der Waals surface area contributed by atoms with Gasteiger partial charge >= 0.3 is 6.09 Å². The van der Waals surface area contributed by atoms with Crippen LogP contribution in [0.1, 0.15) is 37.3 Å². The summed E-state index contributed by atoms with van der Waals surface area (Å²) in [6.45, 7) is 8.27. The van der Waals surface area contributed by atoms with Gasteiger partial charge in [0.15, 0.2) is 0 Å². The molecule has 1 amide bonds. The number of phenolic OH excluding ortho intramolecular Hbond substituents is 1. The Kier molecular flexibility index (Phi) is 6.13. The van der Waals surface area contributed by atoms with Gasteiger partial charge in [-0.1, -0.05) is 18.2 Å². The van der Waals surface area contributed by atoms with Gasteiger partial charge in [-0.25, -0.2) is 4.79 Å². The maximum Gasteiger partial charge on any atom is 0.410 e. The molecule has 0 radical (unpaired) electrons. The number of halogens is 1. The number of carbonyl (C=O) groups is 1. The molecular weight excluding hydrogens is 428 g/mol. The van der Waals surface area contributed by atoms with Crippen molar-refractivity contribution in [3.8, 4) is 5.75 Å². The summed E-state index contributed by atoms with van der Waals surface area (Å²) in [4.78, 5) is 17.6. The molecule has 1 fully saturated rings. The van der Waals surface area contributed by atoms with E-state index in [2.05, 4.69) is 26.9 Å². The monoisotopic (exact) mass is 452 g/mol. The van der Waals surface area contributed by atoms with Crippen LogP contribution in [0, 0.1) is 0 Å². The minimum absolute atomic E-state index is 0.0386. The Morgan fingerprint density at radius 3 is 2.37 bits per heavy atom. The Hall–Kier alpha value is -1.57. The molecule has 1 aromatic carbocycles. The highest BCUT2D eigenvalue weighted by molar-refractivity contribution is 9.11. The van der Waals surface area contributed by atoms with Crippen LogP contribution in [-0.4, -0.2) is 52.8 Å². The number of para-hydroxylation sites is 1. The number of nitrogens with zero attached hydrogens (tertiary/aromatic N) is 2. The Morgan fingerprint density at radius 2 is 1.81 bits per heavy atom. The summed E-state index contributed by atoms with van der Waals surface area (Å²) in [5.41, 5.74) is 0.396. The van der Waals surface area contributed by atoms with E-state index in [1.54, 1.807) is 22.3 Å². The molecule has 0 unspecified atom stereocenters. The zero-order chi connectivity index (χ0) is 19.6. The van der Waals surface area contributed by atoms with Crippen LogP contribution in [-0.2, 0) is 4.74 Å². The van der Waals surface area contributed by atoms with Crippen LogP contribution in [0.2, 0.25) is 0 Å². The van der Waals surface area contributed by atoms with Crippen LogP contribution < -0.4 is 0 Å². The number of ether oxygens (including phenoxy) is 1. The zero-order valence-corrected chi connectivity index (χ0v) is 18.2. The number of hydrogen-bond donors (Lipinski definition) is 1. The maximum absolute atomic E-state index is 12.3. The molecule has 0 aliphatic carbocycles. The first-order chi connectivity index (χ1) is 12.7. The maximum atomic E-state index is 12.3. The summed E-state index contributed by atoms with van der Waals surface area (Å²) in [5.74, 6) is 0.293. The molecule has 0 bridgehead atoms. The molecule has 2 heterocycles. The Labute approximate surface area is 172 Å². The highest BCUT2D eigenvalue weighted by atomic mass is 79.9. The number of benzene rings is 1. The molecule has 1 aromatic heterocycles. The smallest absolute Gasteiger partial charge is 0.410 e. The van der Waals surface area contributed by atoms with E-state index < -0.39 is 5.60 Å². The van der Waals surface area contributed by atoms with Crippen molar-refractivity contribution in [3.05, 3.63) is 50.6 Å². The van der Waals surface area contributed by atoms with Gasteiger partial charge in [-0.15, -0.1) is 11.3 Å². The number of carbonyl (C=O) groups excluding carboxylic acids is 1. The van der Waals surface area contributed by atoms with Crippen molar-refractivity contribution in [1.82, 2.24) is 9.80 Å². The van der Waals surface area contributed by atoms with Crippen molar-refractivity contribution in [3.63, 3.8) is 0 Å². The number of aromatic hydroxyl groups is 1. The molecule has 146 valence electrons. The molecule has 1 aliphatic rings. The molecule has 27 heavy (non-hydrogen) atoms. The van der Waals surface area contributed by atoms with Crippen LogP contribution in [0.5, 0.6) is 5.75 Å². The second-order valence-corrected chi connectivity index (χ2v) is 10.1. The third-order valence-electron chi connectivity index (χ3n) is 4.43. The molecule has 0 saturated carbocycles. The molecule has 1 N–H and O–H groups in total. The van der Waals surface area contributed by atoms with E-state index in [0.717, 1.165) is 14.2 Å². The molecule has 5 nitrogen and oxygen atoms in total. The zero-order valence-electron chi connectivity index (χ0n) is 15.8. The van der Waals surface area contributed by atoms with E-state index >= 15 is 0 Å². The second-order valence-electron chi connectivity index (χ2n) is 7.61. The van der Waals surface area contributed by atoms with E-state index in [4.69, 9.17) is 4.74 Å². The molecule has 7 heteroatoms. The van der Waals surface area contributed by atoms with E-state index in [9.17, 15) is 9.90 Å². The lowest BCUT2D eigenvalue weighted by Crippen LogP contribution is -2.50. The van der Waals surface area contributed by atoms with Crippen LogP contribution in [0.15, 0.2) is 40.2 Å². The fourth-order valence-electron chi connectivity index (χ4n) is 3.21. The number of hydrogen-bond acceptors (Lipinski definition) is 5. The lowest BCUT2D eigenvalue weighted by atomic mass is 10.0. The van der Waals surface area contributed by atoms with E-state index in [0.29, 0.717) is 31.9 Å². The van der Waals surface area contributed by atoms with E-state index in [1.165, 1.54) is 0 Å². The Bertz CT molecular complexity index is 795. The summed E-state index contributed by atoms with van der Waals surface area (Å²) in [5, 5.41) is 10.4. The predicted octanol–water partition coefficient (Wildman–Crippen LogP) is 4.86. The quantitative estimate of drug-likeness (QED) is 0.722. The minimum Gasteiger partial charge on any atom is -0.508 e. The van der Waals surface area contributed by atoms with Crippen molar-refractivity contribution >= 4 is 33.4 Å². The number of amides is 1. The summed E-state index contributed by atoms with van der Waals surface area (Å²) in [6.07, 6.45) is -0.264. The van der Waals surface area contributed by atoms with Gasteiger partial charge in [0.1, 0.15) is 11.4 Å². The number of thiophene rings is 1. The van der Waals surface area contributed by atoms with Gasteiger partial charge in [0.2, 0.25) is 0 Å². The van der Waals surface area contributed by atoms with Crippen LogP contribution in [0.4, 0.5) is 4.79 Å². The van der Waals surface area contributed by atoms with E-state index in [1.807, 2.05) is 45.0 Å². The average Bonchev–Trinajstić information content (AvgIpc) is 3.02. The summed E-state index contributed by atoms with van der Waals surface area (Å²) in [7, 11) is 0. The largest absolute Gasteiger partial charge is 0.508 e. The molecular formula is C20H25BrN2O3S. The van der Waals surface area contributed by atoms with Crippen molar-refractivity contribution in [2.45, 2.75) is 32.4 Å². The van der Waals surface area contributed by atoms with Gasteiger partial charge in [0.05, 0.1) is 9.83 Å². The normalized spacial score (nSPS) is 17.0. The van der Waals surface area contributed by atoms with Crippen molar-refractivity contribution in [2.24, 2.45) is 0 Å². The van der Waals surface area contributed by atoms with Crippen molar-refractivity contribution in [1.29, 1.82) is 0 Å². The number of rotatable bonds is 3. The first kappa shape index (κ1) is 20.2. The van der Waals surface area contributed by atoms with Crippen LogP contribution in [0.3, 0.4) is 0 Å². The molecule has 1 atom stereocenters. The average molecular weight is 453 g/mol. The number of piperazine rings is 1. The fraction of sp³-hybridized carbons (Fsp3) is 0.450. The van der Waals surface area contributed by atoms with Crippen LogP contribution in [0.25, 0.3) is 0 Å². The lowest BCUT2D eigenvalue weighted by molar-refractivity contribution is 0.0119. The predicted molar refractivity (Wildman–Crippen MR) is 111 cm³/mol. The second kappa shape index (κ2) is 8.20. The third-order valence-corrected chi connectivity index (χ3v) is 6.10. The van der Waals surface area contributed by atoms with Crippen molar-refractivity contribution in [2.75, 3.05) is 26.2 Å². The minimum atomic E-state index is -0.490. The first-order valence-electron chi connectivity index (χ1n) is 9.00. The lowest BCUT2D eigenvalue weighted by Gasteiger charge is -2.39. The van der Waals surface area contributed by atoms with Crippen LogP contribution >= 0.6 is 27.3 Å². The first-order valence-corrected chi connectivity index (χ1v) is 10.6. The molecule has 2 aromatic rings. The summed E-state index contributed by atoms with van der Waals surface area (Å²) in [6, 6.07) is 11.6. The highest BCUT2D eigenvalue weighted by Gasteiger charge is 2.32. The van der Waals surface area contributed by atoms with Gasteiger partial charge in [0, 0.05) is 36.6 Å². The number of phenols is 1.